The molecule has 2 nitrogen and oxygen atoms in total. The third-order valence-corrected chi connectivity index (χ3v) is 4.69. The lowest BCUT2D eigenvalue weighted by molar-refractivity contribution is 0.0674. The monoisotopic (exact) mass is 327 g/mol. The number of amides is 1. The van der Waals surface area contributed by atoms with E-state index in [0.29, 0.717) is 4.47 Å². The van der Waals surface area contributed by atoms with Crippen LogP contribution >= 0.6 is 15.9 Å². The van der Waals surface area contributed by atoms with Crippen molar-refractivity contribution in [2.75, 3.05) is 7.05 Å². The summed E-state index contributed by atoms with van der Waals surface area (Å²) in [6.07, 6.45) is 4.30. The number of nitrogens with zero attached hydrogens (tertiary/aromatic N) is 1. The number of halogens is 2. The molecule has 0 aromatic heterocycles. The van der Waals surface area contributed by atoms with Crippen LogP contribution in [0.1, 0.15) is 43.0 Å². The summed E-state index contributed by atoms with van der Waals surface area (Å²) in [4.78, 5) is 14.1. The first-order valence-electron chi connectivity index (χ1n) is 6.72. The fourth-order valence-corrected chi connectivity index (χ4v) is 3.19. The Balaban J connectivity index is 2.15. The summed E-state index contributed by atoms with van der Waals surface area (Å²) in [6, 6.07) is 4.86. The highest BCUT2D eigenvalue weighted by Crippen LogP contribution is 2.29. The Hall–Kier alpha value is -0.900. The highest BCUT2D eigenvalue weighted by atomic mass is 79.9. The van der Waals surface area contributed by atoms with Crippen LogP contribution in [-0.2, 0) is 0 Å². The van der Waals surface area contributed by atoms with E-state index in [0.717, 1.165) is 31.6 Å². The highest BCUT2D eigenvalue weighted by molar-refractivity contribution is 9.10. The van der Waals surface area contributed by atoms with E-state index in [4.69, 9.17) is 0 Å². The number of carbonyl (C=O) groups excluding carboxylic acids is 1. The van der Waals surface area contributed by atoms with E-state index in [2.05, 4.69) is 22.9 Å². The maximum Gasteiger partial charge on any atom is 0.257 e. The molecule has 0 atom stereocenters. The van der Waals surface area contributed by atoms with Crippen molar-refractivity contribution >= 4 is 21.8 Å². The van der Waals surface area contributed by atoms with Gasteiger partial charge in [-0.3, -0.25) is 4.79 Å². The van der Waals surface area contributed by atoms with Gasteiger partial charge < -0.3 is 4.90 Å². The summed E-state index contributed by atoms with van der Waals surface area (Å²) >= 11 is 3.26. The SMILES string of the molecule is CC1CCC(N(C)C(=O)c2c(F)cccc2Br)CC1. The Morgan fingerprint density at radius 3 is 2.53 bits per heavy atom. The number of hydrogen-bond acceptors (Lipinski definition) is 1. The van der Waals surface area contributed by atoms with Gasteiger partial charge in [-0.05, 0) is 59.7 Å². The number of carbonyl (C=O) groups is 1. The molecule has 19 heavy (non-hydrogen) atoms. The van der Waals surface area contributed by atoms with E-state index in [1.807, 2.05) is 0 Å². The van der Waals surface area contributed by atoms with E-state index < -0.39 is 5.82 Å². The quantitative estimate of drug-likeness (QED) is 0.795. The molecular weight excluding hydrogens is 309 g/mol. The van der Waals surface area contributed by atoms with Crippen LogP contribution in [0, 0.1) is 11.7 Å². The first-order valence-corrected chi connectivity index (χ1v) is 7.51. The molecule has 0 bridgehead atoms. The van der Waals surface area contributed by atoms with Gasteiger partial charge in [0.25, 0.3) is 5.91 Å². The smallest absolute Gasteiger partial charge is 0.257 e. The molecule has 1 aliphatic carbocycles. The van der Waals surface area contributed by atoms with Gasteiger partial charge in [0.1, 0.15) is 5.82 Å². The zero-order valence-corrected chi connectivity index (χ0v) is 12.9. The van der Waals surface area contributed by atoms with Gasteiger partial charge >= 0.3 is 0 Å². The van der Waals surface area contributed by atoms with E-state index in [-0.39, 0.29) is 17.5 Å². The van der Waals surface area contributed by atoms with Crippen molar-refractivity contribution in [3.8, 4) is 0 Å². The Kier molecular flexibility index (Phi) is 4.61. The van der Waals surface area contributed by atoms with E-state index in [9.17, 15) is 9.18 Å². The minimum atomic E-state index is -0.463. The van der Waals surface area contributed by atoms with Gasteiger partial charge in [-0.15, -0.1) is 0 Å². The maximum absolute atomic E-state index is 13.8. The van der Waals surface area contributed by atoms with Crippen LogP contribution in [-0.4, -0.2) is 23.9 Å². The molecular formula is C15H19BrFNO. The summed E-state index contributed by atoms with van der Waals surface area (Å²) in [7, 11) is 1.78. The van der Waals surface area contributed by atoms with Crippen LogP contribution in [0.15, 0.2) is 22.7 Å². The molecule has 1 aliphatic rings. The Labute approximate surface area is 122 Å². The largest absolute Gasteiger partial charge is 0.339 e. The minimum Gasteiger partial charge on any atom is -0.339 e. The number of hydrogen-bond donors (Lipinski definition) is 0. The van der Waals surface area contributed by atoms with Crippen LogP contribution in [0.3, 0.4) is 0 Å². The first-order chi connectivity index (χ1) is 9.00. The molecule has 0 heterocycles. The fraction of sp³-hybridized carbons (Fsp3) is 0.533. The summed E-state index contributed by atoms with van der Waals surface area (Å²) in [6.45, 7) is 2.24. The van der Waals surface area contributed by atoms with Crippen molar-refractivity contribution in [2.24, 2.45) is 5.92 Å². The third-order valence-electron chi connectivity index (χ3n) is 4.03. The van der Waals surface area contributed by atoms with Gasteiger partial charge in [-0.2, -0.15) is 0 Å². The van der Waals surface area contributed by atoms with Crippen LogP contribution < -0.4 is 0 Å². The van der Waals surface area contributed by atoms with Crippen LogP contribution in [0.5, 0.6) is 0 Å². The predicted octanol–water partition coefficient (Wildman–Crippen LogP) is 4.24. The lowest BCUT2D eigenvalue weighted by Crippen LogP contribution is -2.39. The molecule has 0 saturated heterocycles. The molecule has 4 heteroatoms. The second-order valence-electron chi connectivity index (χ2n) is 5.43. The normalized spacial score (nSPS) is 23.2. The number of benzene rings is 1. The molecule has 1 aromatic carbocycles. The van der Waals surface area contributed by atoms with Gasteiger partial charge in [-0.25, -0.2) is 4.39 Å². The molecule has 1 aromatic rings. The zero-order chi connectivity index (χ0) is 14.0. The lowest BCUT2D eigenvalue weighted by Gasteiger charge is -2.33. The molecule has 0 N–H and O–H groups in total. The second-order valence-corrected chi connectivity index (χ2v) is 6.28. The van der Waals surface area contributed by atoms with Crippen molar-refractivity contribution in [3.05, 3.63) is 34.1 Å². The average molecular weight is 328 g/mol. The zero-order valence-electron chi connectivity index (χ0n) is 11.3. The second kappa shape index (κ2) is 6.04. The molecule has 0 aliphatic heterocycles. The van der Waals surface area contributed by atoms with Gasteiger partial charge in [-0.1, -0.05) is 13.0 Å². The first kappa shape index (κ1) is 14.5. The summed E-state index contributed by atoms with van der Waals surface area (Å²) in [5.41, 5.74) is 0.142. The molecule has 0 radical (unpaired) electrons. The molecule has 1 saturated carbocycles. The van der Waals surface area contributed by atoms with Crippen LogP contribution in [0.4, 0.5) is 4.39 Å². The molecule has 0 unspecified atom stereocenters. The third kappa shape index (κ3) is 3.16. The predicted molar refractivity (Wildman–Crippen MR) is 77.6 cm³/mol. The molecule has 0 spiro atoms. The van der Waals surface area contributed by atoms with Crippen molar-refractivity contribution in [1.29, 1.82) is 0 Å². The summed E-state index contributed by atoms with van der Waals surface area (Å²) in [5.74, 6) is 0.0416. The van der Waals surface area contributed by atoms with E-state index in [1.54, 1.807) is 24.1 Å². The van der Waals surface area contributed by atoms with E-state index >= 15 is 0 Å². The van der Waals surface area contributed by atoms with Gasteiger partial charge in [0, 0.05) is 17.6 Å². The summed E-state index contributed by atoms with van der Waals surface area (Å²) in [5, 5.41) is 0. The minimum absolute atomic E-state index is 0.142. The van der Waals surface area contributed by atoms with Gasteiger partial charge in [0.15, 0.2) is 0 Å². The maximum atomic E-state index is 13.8. The van der Waals surface area contributed by atoms with Crippen LogP contribution in [0.25, 0.3) is 0 Å². The topological polar surface area (TPSA) is 20.3 Å². The van der Waals surface area contributed by atoms with Gasteiger partial charge in [0.05, 0.1) is 5.56 Å². The highest BCUT2D eigenvalue weighted by Gasteiger charge is 2.27. The molecule has 1 amide bonds. The summed E-state index contributed by atoms with van der Waals surface area (Å²) < 4.78 is 14.3. The van der Waals surface area contributed by atoms with Crippen LogP contribution in [0.2, 0.25) is 0 Å². The van der Waals surface area contributed by atoms with E-state index in [1.165, 1.54) is 6.07 Å². The van der Waals surface area contributed by atoms with Crippen molar-refractivity contribution < 1.29 is 9.18 Å². The van der Waals surface area contributed by atoms with Gasteiger partial charge in [0.2, 0.25) is 0 Å². The molecule has 104 valence electrons. The Morgan fingerprint density at radius 2 is 1.95 bits per heavy atom. The average Bonchev–Trinajstić information content (AvgIpc) is 2.38. The molecule has 2 rings (SSSR count). The fourth-order valence-electron chi connectivity index (χ4n) is 2.67. The Bertz CT molecular complexity index is 449. The Morgan fingerprint density at radius 1 is 1.32 bits per heavy atom. The van der Waals surface area contributed by atoms with Crippen molar-refractivity contribution in [1.82, 2.24) is 4.90 Å². The van der Waals surface area contributed by atoms with Crippen molar-refractivity contribution in [2.45, 2.75) is 38.6 Å². The lowest BCUT2D eigenvalue weighted by atomic mass is 9.86. The number of rotatable bonds is 2. The standard InChI is InChI=1S/C15H19BrFNO/c1-10-6-8-11(9-7-10)18(2)15(19)14-12(16)4-3-5-13(14)17/h3-5,10-11H,6-9H2,1-2H3. The van der Waals surface area contributed by atoms with Crippen molar-refractivity contribution in [3.63, 3.8) is 0 Å². The molecule has 1 fully saturated rings.